The van der Waals surface area contributed by atoms with Crippen molar-refractivity contribution in [2.75, 3.05) is 26.2 Å². The Morgan fingerprint density at radius 2 is 2.16 bits per heavy atom. The van der Waals surface area contributed by atoms with Crippen LogP contribution in [-0.2, 0) is 11.2 Å². The van der Waals surface area contributed by atoms with Crippen molar-refractivity contribution >= 4 is 29.4 Å². The first-order valence-corrected chi connectivity index (χ1v) is 12.3. The van der Waals surface area contributed by atoms with Gasteiger partial charge in [0.15, 0.2) is 0 Å². The molecule has 7 nitrogen and oxygen atoms in total. The van der Waals surface area contributed by atoms with Gasteiger partial charge in [-0.25, -0.2) is 9.78 Å². The molecule has 32 heavy (non-hydrogen) atoms. The number of thiazole rings is 1. The molecule has 2 aromatic rings. The maximum absolute atomic E-state index is 13.4. The van der Waals surface area contributed by atoms with E-state index in [2.05, 4.69) is 28.2 Å². The zero-order valence-corrected chi connectivity index (χ0v) is 19.9. The van der Waals surface area contributed by atoms with Crippen LogP contribution in [0.15, 0.2) is 33.9 Å². The van der Waals surface area contributed by atoms with E-state index in [-0.39, 0.29) is 17.9 Å². The molecule has 2 aliphatic heterocycles. The Morgan fingerprint density at radius 3 is 2.78 bits per heavy atom. The lowest BCUT2D eigenvalue weighted by Crippen LogP contribution is -2.55. The van der Waals surface area contributed by atoms with Gasteiger partial charge in [-0.15, -0.1) is 11.3 Å². The third-order valence-corrected chi connectivity index (χ3v) is 7.85. The normalized spacial score (nSPS) is 23.2. The molecule has 0 aliphatic carbocycles. The van der Waals surface area contributed by atoms with Crippen molar-refractivity contribution in [3.8, 4) is 0 Å². The summed E-state index contributed by atoms with van der Waals surface area (Å²) in [5.74, 6) is 0.972. The number of amides is 3. The highest BCUT2D eigenvalue weighted by molar-refractivity contribution is 7.09. The fourth-order valence-corrected chi connectivity index (χ4v) is 5.80. The highest BCUT2D eigenvalue weighted by Crippen LogP contribution is 2.36. The molecular formula is C24H32N4O3S. The molecular weight excluding hydrogens is 424 g/mol. The van der Waals surface area contributed by atoms with Gasteiger partial charge in [0.2, 0.25) is 0 Å². The summed E-state index contributed by atoms with van der Waals surface area (Å²) in [6.07, 6.45) is 6.84. The van der Waals surface area contributed by atoms with E-state index in [9.17, 15) is 9.59 Å². The molecule has 0 unspecified atom stereocenters. The molecule has 3 amide bonds. The van der Waals surface area contributed by atoms with Gasteiger partial charge in [-0.1, -0.05) is 12.5 Å². The van der Waals surface area contributed by atoms with Crippen LogP contribution in [0.5, 0.6) is 0 Å². The number of nitrogens with zero attached hydrogens (tertiary/aromatic N) is 3. The second kappa shape index (κ2) is 9.58. The summed E-state index contributed by atoms with van der Waals surface area (Å²) in [5.41, 5.74) is 3.27. The first-order chi connectivity index (χ1) is 15.4. The molecule has 2 aliphatic rings. The molecule has 2 fully saturated rings. The monoisotopic (exact) mass is 456 g/mol. The Bertz CT molecular complexity index is 975. The molecule has 1 N–H and O–H groups in total. The molecule has 2 aromatic heterocycles. The largest absolute Gasteiger partial charge is 0.465 e. The highest BCUT2D eigenvalue weighted by atomic mass is 32.1. The molecule has 8 heteroatoms. The summed E-state index contributed by atoms with van der Waals surface area (Å²) in [7, 11) is 0. The number of hydrogen-bond acceptors (Lipinski definition) is 6. The van der Waals surface area contributed by atoms with Gasteiger partial charge in [-0.2, -0.15) is 0 Å². The van der Waals surface area contributed by atoms with Crippen LogP contribution in [0.2, 0.25) is 0 Å². The molecule has 0 saturated carbocycles. The van der Waals surface area contributed by atoms with Crippen molar-refractivity contribution in [1.82, 2.24) is 20.1 Å². The molecule has 4 rings (SSSR count). The van der Waals surface area contributed by atoms with Crippen molar-refractivity contribution in [1.29, 1.82) is 0 Å². The summed E-state index contributed by atoms with van der Waals surface area (Å²) in [6.45, 7) is 9.21. The third-order valence-electron chi connectivity index (χ3n) is 6.86. The van der Waals surface area contributed by atoms with Crippen molar-refractivity contribution < 1.29 is 14.0 Å². The minimum Gasteiger partial charge on any atom is -0.465 e. The predicted octanol–water partition coefficient (Wildman–Crippen LogP) is 4.10. The number of piperidine rings is 1. The molecule has 0 bridgehead atoms. The molecule has 1 atom stereocenters. The molecule has 4 heterocycles. The molecule has 2 saturated heterocycles. The standard InChI is InChI=1S/C24H32N4O3S/c1-4-24(22(29)28(23(30)26-24)12-9-21-18(3)25-16-32-21)19-7-10-27(11-8-19)15-17(2)14-20-6-5-13-31-20/h5-6,13-14,16,19H,4,7-12,15H2,1-3H3,(H,26,30)/b17-14+/t24-/m1/s1. The van der Waals surface area contributed by atoms with Crippen LogP contribution in [0.25, 0.3) is 6.08 Å². The van der Waals surface area contributed by atoms with Crippen LogP contribution in [0.1, 0.15) is 49.4 Å². The lowest BCUT2D eigenvalue weighted by molar-refractivity contribution is -0.134. The van der Waals surface area contributed by atoms with E-state index in [1.54, 1.807) is 17.6 Å². The molecule has 0 radical (unpaired) electrons. The van der Waals surface area contributed by atoms with Crippen molar-refractivity contribution in [3.63, 3.8) is 0 Å². The van der Waals surface area contributed by atoms with E-state index in [0.717, 1.165) is 48.8 Å². The van der Waals surface area contributed by atoms with Crippen molar-refractivity contribution in [3.05, 3.63) is 45.8 Å². The van der Waals surface area contributed by atoms with E-state index in [0.29, 0.717) is 19.4 Å². The lowest BCUT2D eigenvalue weighted by atomic mass is 9.75. The summed E-state index contributed by atoms with van der Waals surface area (Å²) in [5, 5.41) is 3.10. The van der Waals surface area contributed by atoms with Crippen LogP contribution >= 0.6 is 11.3 Å². The predicted molar refractivity (Wildman–Crippen MR) is 125 cm³/mol. The fourth-order valence-electron chi connectivity index (χ4n) is 5.03. The summed E-state index contributed by atoms with van der Waals surface area (Å²) >= 11 is 1.58. The van der Waals surface area contributed by atoms with Crippen LogP contribution < -0.4 is 5.32 Å². The number of carbonyl (C=O) groups is 2. The number of urea groups is 1. The smallest absolute Gasteiger partial charge is 0.325 e. The maximum atomic E-state index is 13.4. The van der Waals surface area contributed by atoms with E-state index < -0.39 is 5.54 Å². The number of aryl methyl sites for hydroxylation is 1. The third kappa shape index (κ3) is 4.52. The van der Waals surface area contributed by atoms with Gasteiger partial charge < -0.3 is 9.73 Å². The Morgan fingerprint density at radius 1 is 1.38 bits per heavy atom. The number of furan rings is 1. The Hall–Kier alpha value is -2.45. The summed E-state index contributed by atoms with van der Waals surface area (Å²) in [6, 6.07) is 3.60. The van der Waals surface area contributed by atoms with Gasteiger partial charge in [0.1, 0.15) is 11.3 Å². The summed E-state index contributed by atoms with van der Waals surface area (Å²) < 4.78 is 5.41. The molecule has 0 aromatic carbocycles. The zero-order chi connectivity index (χ0) is 22.7. The molecule has 172 valence electrons. The second-order valence-electron chi connectivity index (χ2n) is 8.88. The van der Waals surface area contributed by atoms with Crippen LogP contribution in [0.3, 0.4) is 0 Å². The number of nitrogens with one attached hydrogen (secondary N) is 1. The number of rotatable bonds is 8. The zero-order valence-electron chi connectivity index (χ0n) is 19.1. The lowest BCUT2D eigenvalue weighted by Gasteiger charge is -2.40. The second-order valence-corrected chi connectivity index (χ2v) is 9.82. The van der Waals surface area contributed by atoms with Crippen LogP contribution in [-0.4, -0.2) is 58.4 Å². The van der Waals surface area contributed by atoms with Crippen molar-refractivity contribution in [2.45, 2.75) is 52.0 Å². The average Bonchev–Trinajstić information content (AvgIpc) is 3.49. The van der Waals surface area contributed by atoms with Crippen LogP contribution in [0, 0.1) is 12.8 Å². The number of likely N-dealkylation sites (tertiary alicyclic amines) is 1. The first-order valence-electron chi connectivity index (χ1n) is 11.4. The minimum atomic E-state index is -0.773. The first kappa shape index (κ1) is 22.7. The van der Waals surface area contributed by atoms with E-state index in [4.69, 9.17) is 4.42 Å². The fraction of sp³-hybridized carbons (Fsp3) is 0.542. The number of aromatic nitrogens is 1. The average molecular weight is 457 g/mol. The van der Waals surface area contributed by atoms with Gasteiger partial charge in [0.05, 0.1) is 17.5 Å². The van der Waals surface area contributed by atoms with E-state index in [1.807, 2.05) is 31.5 Å². The Balaban J connectivity index is 1.36. The number of hydrogen-bond donors (Lipinski definition) is 1. The topological polar surface area (TPSA) is 78.7 Å². The van der Waals surface area contributed by atoms with E-state index >= 15 is 0 Å². The van der Waals surface area contributed by atoms with Gasteiger partial charge >= 0.3 is 6.03 Å². The van der Waals surface area contributed by atoms with Gasteiger partial charge in [0, 0.05) is 24.4 Å². The number of imide groups is 1. The van der Waals surface area contributed by atoms with Gasteiger partial charge in [-0.05, 0) is 70.3 Å². The van der Waals surface area contributed by atoms with Gasteiger partial charge in [0.25, 0.3) is 5.91 Å². The highest BCUT2D eigenvalue weighted by Gasteiger charge is 2.54. The quantitative estimate of drug-likeness (QED) is 0.605. The van der Waals surface area contributed by atoms with Gasteiger partial charge in [-0.3, -0.25) is 14.6 Å². The van der Waals surface area contributed by atoms with E-state index in [1.165, 1.54) is 10.5 Å². The van der Waals surface area contributed by atoms with Crippen LogP contribution in [0.4, 0.5) is 4.79 Å². The summed E-state index contributed by atoms with van der Waals surface area (Å²) in [4.78, 5) is 35.4. The maximum Gasteiger partial charge on any atom is 0.325 e. The molecule has 0 spiro atoms. The minimum absolute atomic E-state index is 0.0560. The van der Waals surface area contributed by atoms with Crippen molar-refractivity contribution in [2.24, 2.45) is 5.92 Å². The number of carbonyl (C=O) groups excluding carboxylic acids is 2. The Labute approximate surface area is 193 Å². The Kier molecular flexibility index (Phi) is 6.81. The SMILES string of the molecule is CC[C@]1(C2CCN(C/C(C)=C/c3ccco3)CC2)NC(=O)N(CCc2scnc2C)C1=O.